The van der Waals surface area contributed by atoms with E-state index in [1.807, 2.05) is 22.9 Å². The van der Waals surface area contributed by atoms with Crippen LogP contribution in [0.15, 0.2) is 57.7 Å². The number of anilines is 1. The summed E-state index contributed by atoms with van der Waals surface area (Å²) in [6.07, 6.45) is 0. The van der Waals surface area contributed by atoms with Gasteiger partial charge in [0.2, 0.25) is 0 Å². The van der Waals surface area contributed by atoms with Crippen molar-refractivity contribution in [3.8, 4) is 0 Å². The minimum atomic E-state index is -0.244. The molecule has 2 aromatic heterocycles. The molecule has 0 aliphatic heterocycles. The van der Waals surface area contributed by atoms with Crippen LogP contribution in [0.2, 0.25) is 0 Å². The minimum absolute atomic E-state index is 0.0150. The van der Waals surface area contributed by atoms with Crippen LogP contribution in [0.4, 0.5) is 10.1 Å². The van der Waals surface area contributed by atoms with Crippen LogP contribution in [0.3, 0.4) is 0 Å². The normalized spacial score (nSPS) is 10.9. The monoisotopic (exact) mass is 367 g/mol. The predicted octanol–water partition coefficient (Wildman–Crippen LogP) is 5.91. The van der Waals surface area contributed by atoms with Crippen molar-refractivity contribution in [3.63, 3.8) is 0 Å². The molecule has 20 heavy (non-hydrogen) atoms. The van der Waals surface area contributed by atoms with E-state index in [4.69, 9.17) is 0 Å². The molecule has 5 heteroatoms. The average Bonchev–Trinajstić information content (AvgIpc) is 3.12. The first kappa shape index (κ1) is 13.8. The summed E-state index contributed by atoms with van der Waals surface area (Å²) in [4.78, 5) is 2.35. The Morgan fingerprint density at radius 3 is 2.20 bits per heavy atom. The molecule has 0 aliphatic rings. The van der Waals surface area contributed by atoms with Crippen molar-refractivity contribution in [3.05, 3.63) is 73.3 Å². The van der Waals surface area contributed by atoms with E-state index < -0.39 is 0 Å². The Hall–Kier alpha value is -1.17. The number of hydrogen-bond donors (Lipinski definition) is 1. The van der Waals surface area contributed by atoms with Gasteiger partial charge in [-0.05, 0) is 41.1 Å². The fourth-order valence-corrected chi connectivity index (χ4v) is 3.98. The van der Waals surface area contributed by atoms with Crippen LogP contribution in [-0.4, -0.2) is 0 Å². The first-order chi connectivity index (χ1) is 9.74. The van der Waals surface area contributed by atoms with Crippen molar-refractivity contribution >= 4 is 44.3 Å². The number of rotatable bonds is 4. The summed E-state index contributed by atoms with van der Waals surface area (Å²) >= 11 is 6.72. The first-order valence-electron chi connectivity index (χ1n) is 6.02. The van der Waals surface area contributed by atoms with Gasteiger partial charge >= 0.3 is 0 Å². The molecule has 0 amide bonds. The molecule has 0 radical (unpaired) electrons. The molecule has 0 spiro atoms. The lowest BCUT2D eigenvalue weighted by Crippen LogP contribution is -2.10. The van der Waals surface area contributed by atoms with Crippen LogP contribution >= 0.6 is 38.6 Å². The van der Waals surface area contributed by atoms with Crippen molar-refractivity contribution in [2.75, 3.05) is 5.32 Å². The molecule has 102 valence electrons. The third-order valence-corrected chi connectivity index (χ3v) is 5.25. The number of benzene rings is 1. The summed E-state index contributed by atoms with van der Waals surface area (Å²) in [6.45, 7) is 0. The topological polar surface area (TPSA) is 12.0 Å². The molecule has 0 saturated carbocycles. The van der Waals surface area contributed by atoms with Crippen LogP contribution in [0, 0.1) is 5.82 Å². The smallest absolute Gasteiger partial charge is 0.146 e. The highest BCUT2D eigenvalue weighted by molar-refractivity contribution is 9.10. The lowest BCUT2D eigenvalue weighted by Gasteiger charge is -2.18. The third kappa shape index (κ3) is 2.95. The van der Waals surface area contributed by atoms with Gasteiger partial charge in [-0.1, -0.05) is 28.1 Å². The lowest BCUT2D eigenvalue weighted by atomic mass is 10.2. The van der Waals surface area contributed by atoms with Crippen LogP contribution in [0.5, 0.6) is 0 Å². The summed E-state index contributed by atoms with van der Waals surface area (Å²) in [6, 6.07) is 13.1. The van der Waals surface area contributed by atoms with Crippen molar-refractivity contribution in [2.45, 2.75) is 6.04 Å². The SMILES string of the molecule is Fc1ccc(Br)cc1NC(c1cccs1)c1cccs1. The van der Waals surface area contributed by atoms with Gasteiger partial charge in [0.1, 0.15) is 5.82 Å². The van der Waals surface area contributed by atoms with Crippen molar-refractivity contribution in [1.29, 1.82) is 0 Å². The molecule has 0 fully saturated rings. The van der Waals surface area contributed by atoms with Gasteiger partial charge in [-0.2, -0.15) is 0 Å². The van der Waals surface area contributed by atoms with E-state index in [0.717, 1.165) is 4.47 Å². The second-order valence-corrected chi connectivity index (χ2v) is 7.11. The zero-order valence-corrected chi connectivity index (χ0v) is 13.6. The van der Waals surface area contributed by atoms with Crippen LogP contribution in [0.25, 0.3) is 0 Å². The highest BCUT2D eigenvalue weighted by atomic mass is 79.9. The van der Waals surface area contributed by atoms with Crippen molar-refractivity contribution in [1.82, 2.24) is 0 Å². The third-order valence-electron chi connectivity index (χ3n) is 2.88. The second kappa shape index (κ2) is 6.08. The lowest BCUT2D eigenvalue weighted by molar-refractivity contribution is 0.628. The Kier molecular flexibility index (Phi) is 4.19. The Balaban J connectivity index is 1.97. The Morgan fingerprint density at radius 1 is 1.00 bits per heavy atom. The Morgan fingerprint density at radius 2 is 1.65 bits per heavy atom. The van der Waals surface area contributed by atoms with E-state index in [1.54, 1.807) is 34.8 Å². The van der Waals surface area contributed by atoms with E-state index in [0.29, 0.717) is 5.69 Å². The number of hydrogen-bond acceptors (Lipinski definition) is 3. The van der Waals surface area contributed by atoms with E-state index >= 15 is 0 Å². The quantitative estimate of drug-likeness (QED) is 0.603. The molecule has 0 unspecified atom stereocenters. The summed E-state index contributed by atoms with van der Waals surface area (Å²) in [5.41, 5.74) is 0.506. The molecule has 3 aromatic rings. The maximum atomic E-state index is 13.9. The van der Waals surface area contributed by atoms with E-state index in [9.17, 15) is 4.39 Å². The maximum Gasteiger partial charge on any atom is 0.146 e. The zero-order chi connectivity index (χ0) is 13.9. The van der Waals surface area contributed by atoms with Gasteiger partial charge < -0.3 is 5.32 Å². The second-order valence-electron chi connectivity index (χ2n) is 4.23. The molecule has 0 aliphatic carbocycles. The van der Waals surface area contributed by atoms with Gasteiger partial charge in [-0.15, -0.1) is 22.7 Å². The molecule has 3 rings (SSSR count). The van der Waals surface area contributed by atoms with Crippen molar-refractivity contribution < 1.29 is 4.39 Å². The molecule has 1 aromatic carbocycles. The highest BCUT2D eigenvalue weighted by Gasteiger charge is 2.17. The van der Waals surface area contributed by atoms with Crippen LogP contribution in [-0.2, 0) is 0 Å². The highest BCUT2D eigenvalue weighted by Crippen LogP contribution is 2.33. The van der Waals surface area contributed by atoms with Gasteiger partial charge in [-0.25, -0.2) is 4.39 Å². The molecular formula is C15H11BrFNS2. The first-order valence-corrected chi connectivity index (χ1v) is 8.57. The zero-order valence-electron chi connectivity index (χ0n) is 10.3. The van der Waals surface area contributed by atoms with Crippen LogP contribution < -0.4 is 5.32 Å². The fraction of sp³-hybridized carbons (Fsp3) is 0.0667. The number of halogens is 2. The van der Waals surface area contributed by atoms with Gasteiger partial charge in [-0.3, -0.25) is 0 Å². The van der Waals surface area contributed by atoms with Gasteiger partial charge in [0.05, 0.1) is 11.7 Å². The summed E-state index contributed by atoms with van der Waals surface area (Å²) in [5, 5.41) is 7.38. The average molecular weight is 368 g/mol. The molecule has 0 saturated heterocycles. The van der Waals surface area contributed by atoms with Gasteiger partial charge in [0.15, 0.2) is 0 Å². The molecular weight excluding hydrogens is 357 g/mol. The van der Waals surface area contributed by atoms with Gasteiger partial charge in [0.25, 0.3) is 0 Å². The fourth-order valence-electron chi connectivity index (χ4n) is 1.96. The standard InChI is InChI=1S/C15H11BrFNS2/c16-10-5-6-11(17)12(9-10)18-15(13-3-1-7-19-13)14-4-2-8-20-14/h1-9,15,18H. The summed E-state index contributed by atoms with van der Waals surface area (Å²) in [5.74, 6) is -0.244. The summed E-state index contributed by atoms with van der Waals surface area (Å²) < 4.78 is 14.8. The van der Waals surface area contributed by atoms with Gasteiger partial charge in [0, 0.05) is 14.2 Å². The predicted molar refractivity (Wildman–Crippen MR) is 88.2 cm³/mol. The largest absolute Gasteiger partial charge is 0.370 e. The Bertz CT molecular complexity index is 646. The van der Waals surface area contributed by atoms with Crippen LogP contribution in [0.1, 0.15) is 15.8 Å². The number of thiophene rings is 2. The van der Waals surface area contributed by atoms with E-state index in [-0.39, 0.29) is 11.9 Å². The Labute approximate surface area is 133 Å². The number of nitrogens with one attached hydrogen (secondary N) is 1. The van der Waals surface area contributed by atoms with E-state index in [1.165, 1.54) is 15.8 Å². The molecule has 0 bridgehead atoms. The maximum absolute atomic E-state index is 13.9. The molecule has 1 nitrogen and oxygen atoms in total. The minimum Gasteiger partial charge on any atom is -0.370 e. The molecule has 1 N–H and O–H groups in total. The van der Waals surface area contributed by atoms with E-state index in [2.05, 4.69) is 33.4 Å². The summed E-state index contributed by atoms with van der Waals surface area (Å²) in [7, 11) is 0. The molecule has 2 heterocycles. The molecule has 0 atom stereocenters. The van der Waals surface area contributed by atoms with Crippen molar-refractivity contribution in [2.24, 2.45) is 0 Å².